The van der Waals surface area contributed by atoms with Crippen LogP contribution in [0.15, 0.2) is 54.6 Å². The molecule has 0 saturated heterocycles. The molecule has 0 aliphatic heterocycles. The maximum absolute atomic E-state index is 12.3. The quantitative estimate of drug-likeness (QED) is 0.707. The van der Waals surface area contributed by atoms with Gasteiger partial charge in [0.15, 0.2) is 0 Å². The average Bonchev–Trinajstić information content (AvgIpc) is 2.65. The Morgan fingerprint density at radius 2 is 1.62 bits per heavy atom. The van der Waals surface area contributed by atoms with Gasteiger partial charge >= 0.3 is 6.03 Å². The fourth-order valence-electron chi connectivity index (χ4n) is 2.68. The van der Waals surface area contributed by atoms with Crippen molar-refractivity contribution < 1.29 is 9.59 Å². The Morgan fingerprint density at radius 1 is 0.962 bits per heavy atom. The SMILES string of the molecule is CCc1ccc([C@@H](NC(=O)CNC(=O)Nc2ccccc2)C(C)C)cc1. The lowest BCUT2D eigenvalue weighted by atomic mass is 9.95. The Morgan fingerprint density at radius 3 is 2.19 bits per heavy atom. The van der Waals surface area contributed by atoms with E-state index >= 15 is 0 Å². The minimum Gasteiger partial charge on any atom is -0.348 e. The number of para-hydroxylation sites is 1. The molecule has 138 valence electrons. The van der Waals surface area contributed by atoms with Gasteiger partial charge in [-0.1, -0.05) is 63.2 Å². The van der Waals surface area contributed by atoms with Crippen molar-refractivity contribution in [3.8, 4) is 0 Å². The van der Waals surface area contributed by atoms with E-state index < -0.39 is 6.03 Å². The van der Waals surface area contributed by atoms with Crippen molar-refractivity contribution in [2.24, 2.45) is 5.92 Å². The fourth-order valence-corrected chi connectivity index (χ4v) is 2.68. The Labute approximate surface area is 155 Å². The molecule has 2 aromatic rings. The molecule has 0 fully saturated rings. The second kappa shape index (κ2) is 9.61. The number of amides is 3. The number of benzene rings is 2. The van der Waals surface area contributed by atoms with Gasteiger partial charge in [-0.15, -0.1) is 0 Å². The Balaban J connectivity index is 1.88. The minimum absolute atomic E-state index is 0.0745. The first-order valence-corrected chi connectivity index (χ1v) is 8.97. The van der Waals surface area contributed by atoms with E-state index in [-0.39, 0.29) is 24.4 Å². The molecule has 2 rings (SSSR count). The number of nitrogens with one attached hydrogen (secondary N) is 3. The largest absolute Gasteiger partial charge is 0.348 e. The van der Waals surface area contributed by atoms with Crippen molar-refractivity contribution in [1.29, 1.82) is 0 Å². The first-order chi connectivity index (χ1) is 12.5. The predicted octanol–water partition coefficient (Wildman–Crippen LogP) is 3.88. The molecule has 5 heteroatoms. The highest BCUT2D eigenvalue weighted by atomic mass is 16.2. The minimum atomic E-state index is -0.403. The summed E-state index contributed by atoms with van der Waals surface area (Å²) in [6.07, 6.45) is 0.986. The molecule has 3 amide bonds. The lowest BCUT2D eigenvalue weighted by molar-refractivity contribution is -0.121. The number of anilines is 1. The zero-order valence-electron chi connectivity index (χ0n) is 15.6. The summed E-state index contributed by atoms with van der Waals surface area (Å²) in [6.45, 7) is 6.17. The summed E-state index contributed by atoms with van der Waals surface area (Å²) in [6, 6.07) is 16.9. The first kappa shape index (κ1) is 19.5. The van der Waals surface area contributed by atoms with Crippen molar-refractivity contribution in [2.75, 3.05) is 11.9 Å². The summed E-state index contributed by atoms with van der Waals surface area (Å²) in [7, 11) is 0. The zero-order chi connectivity index (χ0) is 18.9. The van der Waals surface area contributed by atoms with Gasteiger partial charge in [0.2, 0.25) is 5.91 Å². The van der Waals surface area contributed by atoms with Crippen molar-refractivity contribution in [1.82, 2.24) is 10.6 Å². The van der Waals surface area contributed by atoms with Gasteiger partial charge in [-0.05, 0) is 35.6 Å². The third-order valence-electron chi connectivity index (χ3n) is 4.17. The van der Waals surface area contributed by atoms with Crippen molar-refractivity contribution in [3.63, 3.8) is 0 Å². The molecule has 0 aromatic heterocycles. The number of rotatable bonds is 7. The topological polar surface area (TPSA) is 70.2 Å². The normalized spacial score (nSPS) is 11.7. The molecule has 0 spiro atoms. The van der Waals surface area contributed by atoms with Gasteiger partial charge < -0.3 is 16.0 Å². The molecule has 5 nitrogen and oxygen atoms in total. The standard InChI is InChI=1S/C21H27N3O2/c1-4-16-10-12-17(13-11-16)20(15(2)3)24-19(25)14-22-21(26)23-18-8-6-5-7-9-18/h5-13,15,20H,4,14H2,1-3H3,(H,24,25)(H2,22,23,26)/t20-/m0/s1. The van der Waals surface area contributed by atoms with Crippen LogP contribution in [0.4, 0.5) is 10.5 Å². The third kappa shape index (κ3) is 5.92. The van der Waals surface area contributed by atoms with Crippen LogP contribution in [0.5, 0.6) is 0 Å². The van der Waals surface area contributed by atoms with E-state index in [9.17, 15) is 9.59 Å². The monoisotopic (exact) mass is 353 g/mol. The predicted molar refractivity (Wildman–Crippen MR) is 105 cm³/mol. The summed E-state index contributed by atoms with van der Waals surface area (Å²) in [5, 5.41) is 8.28. The van der Waals surface area contributed by atoms with Crippen LogP contribution in [0.25, 0.3) is 0 Å². The second-order valence-corrected chi connectivity index (χ2v) is 6.56. The summed E-state index contributed by atoms with van der Waals surface area (Å²) in [5.41, 5.74) is 3.02. The van der Waals surface area contributed by atoms with Crippen LogP contribution in [0.2, 0.25) is 0 Å². The van der Waals surface area contributed by atoms with Crippen LogP contribution in [-0.2, 0) is 11.2 Å². The fraction of sp³-hybridized carbons (Fsp3) is 0.333. The maximum Gasteiger partial charge on any atom is 0.319 e. The molecule has 0 aliphatic carbocycles. The van der Waals surface area contributed by atoms with Crippen LogP contribution < -0.4 is 16.0 Å². The van der Waals surface area contributed by atoms with Crippen LogP contribution in [0.1, 0.15) is 37.9 Å². The van der Waals surface area contributed by atoms with Gasteiger partial charge in [-0.25, -0.2) is 4.79 Å². The van der Waals surface area contributed by atoms with E-state index in [2.05, 4.69) is 61.0 Å². The van der Waals surface area contributed by atoms with E-state index in [4.69, 9.17) is 0 Å². The summed E-state index contributed by atoms with van der Waals surface area (Å²) in [4.78, 5) is 24.1. The molecule has 3 N–H and O–H groups in total. The third-order valence-corrected chi connectivity index (χ3v) is 4.17. The number of carbonyl (C=O) groups is 2. The number of hydrogen-bond donors (Lipinski definition) is 3. The number of urea groups is 1. The molecule has 0 aliphatic rings. The second-order valence-electron chi connectivity index (χ2n) is 6.56. The van der Waals surface area contributed by atoms with Crippen LogP contribution in [0.3, 0.4) is 0 Å². The van der Waals surface area contributed by atoms with E-state index in [0.717, 1.165) is 12.0 Å². The van der Waals surface area contributed by atoms with Crippen molar-refractivity contribution in [2.45, 2.75) is 33.2 Å². The molecule has 0 radical (unpaired) electrons. The molecule has 0 heterocycles. The maximum atomic E-state index is 12.3. The van der Waals surface area contributed by atoms with E-state index in [1.165, 1.54) is 5.56 Å². The van der Waals surface area contributed by atoms with Gasteiger partial charge in [-0.3, -0.25) is 4.79 Å². The average molecular weight is 353 g/mol. The van der Waals surface area contributed by atoms with Gasteiger partial charge in [0.25, 0.3) is 0 Å². The highest BCUT2D eigenvalue weighted by Crippen LogP contribution is 2.22. The van der Waals surface area contributed by atoms with Gasteiger partial charge in [0.05, 0.1) is 12.6 Å². The summed E-state index contributed by atoms with van der Waals surface area (Å²) in [5.74, 6) is 0.0241. The Bertz CT molecular complexity index is 712. The highest BCUT2D eigenvalue weighted by molar-refractivity contribution is 5.92. The molecule has 26 heavy (non-hydrogen) atoms. The lowest BCUT2D eigenvalue weighted by Crippen LogP contribution is -2.41. The van der Waals surface area contributed by atoms with Crippen LogP contribution in [0, 0.1) is 5.92 Å². The summed E-state index contributed by atoms with van der Waals surface area (Å²) >= 11 is 0. The highest BCUT2D eigenvalue weighted by Gasteiger charge is 2.18. The van der Waals surface area contributed by atoms with Crippen molar-refractivity contribution in [3.05, 3.63) is 65.7 Å². The number of aryl methyl sites for hydroxylation is 1. The molecule has 2 aromatic carbocycles. The smallest absolute Gasteiger partial charge is 0.319 e. The first-order valence-electron chi connectivity index (χ1n) is 8.97. The molecule has 0 saturated carbocycles. The van der Waals surface area contributed by atoms with Crippen LogP contribution in [-0.4, -0.2) is 18.5 Å². The Kier molecular flexibility index (Phi) is 7.21. The van der Waals surface area contributed by atoms with Crippen molar-refractivity contribution >= 4 is 17.6 Å². The molecular formula is C21H27N3O2. The van der Waals surface area contributed by atoms with Gasteiger partial charge in [0.1, 0.15) is 0 Å². The molecular weight excluding hydrogens is 326 g/mol. The molecule has 0 bridgehead atoms. The van der Waals surface area contributed by atoms with E-state index in [1.54, 1.807) is 12.1 Å². The number of hydrogen-bond acceptors (Lipinski definition) is 2. The zero-order valence-corrected chi connectivity index (χ0v) is 15.6. The van der Waals surface area contributed by atoms with E-state index in [0.29, 0.717) is 5.69 Å². The van der Waals surface area contributed by atoms with Gasteiger partial charge in [0, 0.05) is 5.69 Å². The Hall–Kier alpha value is -2.82. The van der Waals surface area contributed by atoms with Gasteiger partial charge in [-0.2, -0.15) is 0 Å². The van der Waals surface area contributed by atoms with Crippen LogP contribution >= 0.6 is 0 Å². The molecule has 0 unspecified atom stereocenters. The van der Waals surface area contributed by atoms with E-state index in [1.807, 2.05) is 18.2 Å². The lowest BCUT2D eigenvalue weighted by Gasteiger charge is -2.23. The summed E-state index contributed by atoms with van der Waals surface area (Å²) < 4.78 is 0. The number of carbonyl (C=O) groups excluding carboxylic acids is 2. The molecule has 1 atom stereocenters.